The van der Waals surface area contributed by atoms with Gasteiger partial charge in [0.05, 0.1) is 17.1 Å². The number of ketones is 1. The molecule has 0 unspecified atom stereocenters. The second-order valence-electron chi connectivity index (χ2n) is 6.51. The molecule has 3 aromatic rings. The van der Waals surface area contributed by atoms with Crippen LogP contribution in [-0.2, 0) is 0 Å². The standard InChI is InChI=1S/C21H20ClNO3/c1-13(2)12-25-17-6-8-20(18(22)11-17)26-21-9-5-16-10-15(14(3)24)4-7-19(16)23-21/h4-11,13H,12H2,1-3H3. The van der Waals surface area contributed by atoms with E-state index >= 15 is 0 Å². The Balaban J connectivity index is 1.80. The Hall–Kier alpha value is -2.59. The number of carbonyl (C=O) groups is 1. The van der Waals surface area contributed by atoms with E-state index in [1.54, 1.807) is 31.2 Å². The molecule has 134 valence electrons. The Kier molecular flexibility index (Phi) is 5.43. The number of halogens is 1. The molecule has 0 saturated carbocycles. The molecular formula is C21H20ClNO3. The van der Waals surface area contributed by atoms with Crippen molar-refractivity contribution < 1.29 is 14.3 Å². The predicted molar refractivity (Wildman–Crippen MR) is 104 cm³/mol. The van der Waals surface area contributed by atoms with Crippen LogP contribution >= 0.6 is 11.6 Å². The number of hydrogen-bond acceptors (Lipinski definition) is 4. The van der Waals surface area contributed by atoms with Gasteiger partial charge in [-0.3, -0.25) is 4.79 Å². The van der Waals surface area contributed by atoms with Crippen molar-refractivity contribution in [2.75, 3.05) is 6.61 Å². The van der Waals surface area contributed by atoms with E-state index in [4.69, 9.17) is 21.1 Å². The fourth-order valence-corrected chi connectivity index (χ4v) is 2.62. The Morgan fingerprint density at radius 1 is 1.12 bits per heavy atom. The number of fused-ring (bicyclic) bond motifs is 1. The van der Waals surface area contributed by atoms with Crippen LogP contribution in [0, 0.1) is 5.92 Å². The summed E-state index contributed by atoms with van der Waals surface area (Å²) in [6.45, 7) is 6.35. The molecule has 2 aromatic carbocycles. The molecule has 4 nitrogen and oxygen atoms in total. The highest BCUT2D eigenvalue weighted by atomic mass is 35.5. The zero-order valence-electron chi connectivity index (χ0n) is 15.0. The minimum atomic E-state index is 0.0267. The van der Waals surface area contributed by atoms with Crippen molar-refractivity contribution in [1.29, 1.82) is 0 Å². The summed E-state index contributed by atoms with van der Waals surface area (Å²) >= 11 is 6.30. The maximum absolute atomic E-state index is 11.5. The highest BCUT2D eigenvalue weighted by molar-refractivity contribution is 6.32. The second-order valence-corrected chi connectivity index (χ2v) is 6.92. The molecule has 26 heavy (non-hydrogen) atoms. The van der Waals surface area contributed by atoms with Crippen molar-refractivity contribution in [3.05, 3.63) is 59.1 Å². The van der Waals surface area contributed by atoms with Crippen LogP contribution in [0.2, 0.25) is 5.02 Å². The van der Waals surface area contributed by atoms with Crippen LogP contribution in [-0.4, -0.2) is 17.4 Å². The fraction of sp³-hybridized carbons (Fsp3) is 0.238. The van der Waals surface area contributed by atoms with Crippen LogP contribution in [0.5, 0.6) is 17.4 Å². The summed E-state index contributed by atoms with van der Waals surface area (Å²) < 4.78 is 11.5. The number of ether oxygens (including phenoxy) is 2. The van der Waals surface area contributed by atoms with Gasteiger partial charge in [0, 0.05) is 23.1 Å². The highest BCUT2D eigenvalue weighted by Gasteiger charge is 2.08. The van der Waals surface area contributed by atoms with Gasteiger partial charge < -0.3 is 9.47 Å². The van der Waals surface area contributed by atoms with Crippen LogP contribution in [0.4, 0.5) is 0 Å². The molecule has 0 aliphatic carbocycles. The van der Waals surface area contributed by atoms with Crippen molar-refractivity contribution in [3.63, 3.8) is 0 Å². The first-order chi connectivity index (χ1) is 12.4. The molecule has 0 N–H and O–H groups in total. The molecule has 0 fully saturated rings. The molecule has 3 rings (SSSR count). The lowest BCUT2D eigenvalue weighted by Crippen LogP contribution is -2.04. The lowest BCUT2D eigenvalue weighted by molar-refractivity contribution is 0.101. The summed E-state index contributed by atoms with van der Waals surface area (Å²) in [6, 6.07) is 14.3. The van der Waals surface area contributed by atoms with Gasteiger partial charge in [-0.2, -0.15) is 0 Å². The molecule has 0 spiro atoms. The summed E-state index contributed by atoms with van der Waals surface area (Å²) in [6.07, 6.45) is 0. The normalized spacial score (nSPS) is 11.0. The van der Waals surface area contributed by atoms with Crippen LogP contribution in [0.1, 0.15) is 31.1 Å². The van der Waals surface area contributed by atoms with Gasteiger partial charge in [-0.15, -0.1) is 0 Å². The SMILES string of the molecule is CC(=O)c1ccc2nc(Oc3ccc(OCC(C)C)cc3Cl)ccc2c1. The van der Waals surface area contributed by atoms with Gasteiger partial charge in [0.1, 0.15) is 11.5 Å². The first kappa shape index (κ1) is 18.2. The quantitative estimate of drug-likeness (QED) is 0.506. The van der Waals surface area contributed by atoms with Gasteiger partial charge in [0.2, 0.25) is 5.88 Å². The molecule has 1 aromatic heterocycles. The molecule has 1 heterocycles. The van der Waals surface area contributed by atoms with Crippen molar-refractivity contribution in [3.8, 4) is 17.4 Å². The molecular weight excluding hydrogens is 350 g/mol. The van der Waals surface area contributed by atoms with E-state index in [0.717, 1.165) is 10.9 Å². The average Bonchev–Trinajstić information content (AvgIpc) is 2.61. The summed E-state index contributed by atoms with van der Waals surface area (Å²) in [5.74, 6) is 2.12. The third kappa shape index (κ3) is 4.33. The number of benzene rings is 2. The lowest BCUT2D eigenvalue weighted by atomic mass is 10.1. The van der Waals surface area contributed by atoms with Gasteiger partial charge in [0.15, 0.2) is 5.78 Å². The summed E-state index contributed by atoms with van der Waals surface area (Å²) in [5.41, 5.74) is 1.41. The van der Waals surface area contributed by atoms with Gasteiger partial charge in [0.25, 0.3) is 0 Å². The maximum Gasteiger partial charge on any atom is 0.219 e. The third-order valence-electron chi connectivity index (χ3n) is 3.77. The summed E-state index contributed by atoms with van der Waals surface area (Å²) in [5, 5.41) is 1.34. The number of pyridine rings is 1. The van der Waals surface area contributed by atoms with E-state index in [2.05, 4.69) is 18.8 Å². The van der Waals surface area contributed by atoms with Gasteiger partial charge >= 0.3 is 0 Å². The van der Waals surface area contributed by atoms with Crippen molar-refractivity contribution in [2.45, 2.75) is 20.8 Å². The molecule has 0 bridgehead atoms. The average molecular weight is 370 g/mol. The Morgan fingerprint density at radius 2 is 1.92 bits per heavy atom. The van der Waals surface area contributed by atoms with E-state index in [1.165, 1.54) is 0 Å². The maximum atomic E-state index is 11.5. The smallest absolute Gasteiger partial charge is 0.219 e. The third-order valence-corrected chi connectivity index (χ3v) is 4.07. The Bertz CT molecular complexity index is 953. The number of hydrogen-bond donors (Lipinski definition) is 0. The molecule has 0 amide bonds. The Labute approximate surface area is 157 Å². The largest absolute Gasteiger partial charge is 0.493 e. The number of Topliss-reactive ketones (excluding diaryl/α,β-unsaturated/α-hetero) is 1. The molecule has 0 aliphatic heterocycles. The number of rotatable bonds is 6. The first-order valence-corrected chi connectivity index (χ1v) is 8.82. The minimum Gasteiger partial charge on any atom is -0.493 e. The summed E-state index contributed by atoms with van der Waals surface area (Å²) in [4.78, 5) is 15.9. The van der Waals surface area contributed by atoms with E-state index in [-0.39, 0.29) is 5.78 Å². The number of carbonyl (C=O) groups excluding carboxylic acids is 1. The van der Waals surface area contributed by atoms with E-state index in [0.29, 0.717) is 40.5 Å². The van der Waals surface area contributed by atoms with Crippen LogP contribution in [0.15, 0.2) is 48.5 Å². The second kappa shape index (κ2) is 7.75. The van der Waals surface area contributed by atoms with Crippen LogP contribution in [0.3, 0.4) is 0 Å². The zero-order valence-corrected chi connectivity index (χ0v) is 15.7. The van der Waals surface area contributed by atoms with Gasteiger partial charge in [-0.1, -0.05) is 25.4 Å². The topological polar surface area (TPSA) is 48.4 Å². The number of nitrogens with zero attached hydrogens (tertiary/aromatic N) is 1. The molecule has 0 atom stereocenters. The van der Waals surface area contributed by atoms with Crippen molar-refractivity contribution in [2.24, 2.45) is 5.92 Å². The summed E-state index contributed by atoms with van der Waals surface area (Å²) in [7, 11) is 0. The molecule has 0 saturated heterocycles. The monoisotopic (exact) mass is 369 g/mol. The first-order valence-electron chi connectivity index (χ1n) is 8.44. The van der Waals surface area contributed by atoms with Crippen molar-refractivity contribution in [1.82, 2.24) is 4.98 Å². The van der Waals surface area contributed by atoms with E-state index in [1.807, 2.05) is 24.3 Å². The van der Waals surface area contributed by atoms with Crippen LogP contribution < -0.4 is 9.47 Å². The lowest BCUT2D eigenvalue weighted by Gasteiger charge is -2.11. The highest BCUT2D eigenvalue weighted by Crippen LogP contribution is 2.32. The van der Waals surface area contributed by atoms with Gasteiger partial charge in [-0.05, 0) is 49.2 Å². The molecule has 0 aliphatic rings. The number of aromatic nitrogens is 1. The zero-order chi connectivity index (χ0) is 18.7. The van der Waals surface area contributed by atoms with E-state index in [9.17, 15) is 4.79 Å². The van der Waals surface area contributed by atoms with Crippen molar-refractivity contribution >= 4 is 28.3 Å². The fourth-order valence-electron chi connectivity index (χ4n) is 2.41. The molecule has 5 heteroatoms. The Morgan fingerprint density at radius 3 is 2.62 bits per heavy atom. The van der Waals surface area contributed by atoms with E-state index < -0.39 is 0 Å². The molecule has 0 radical (unpaired) electrons. The minimum absolute atomic E-state index is 0.0267. The van der Waals surface area contributed by atoms with Crippen LogP contribution in [0.25, 0.3) is 10.9 Å². The predicted octanol–water partition coefficient (Wildman–Crippen LogP) is 5.92. The van der Waals surface area contributed by atoms with Gasteiger partial charge in [-0.25, -0.2) is 4.98 Å².